The van der Waals surface area contributed by atoms with E-state index in [1.165, 1.54) is 24.0 Å². The molecule has 1 aliphatic rings. The summed E-state index contributed by atoms with van der Waals surface area (Å²) in [4.78, 5) is 2.57. The molecule has 2 heterocycles. The molecule has 0 bridgehead atoms. The third-order valence-electron chi connectivity index (χ3n) is 7.49. The Kier molecular flexibility index (Phi) is 13.4. The first-order valence-corrected chi connectivity index (χ1v) is 15.5. The van der Waals surface area contributed by atoms with Crippen molar-refractivity contribution in [2.24, 2.45) is 0 Å². The first-order valence-electron chi connectivity index (χ1n) is 15.5. The third-order valence-corrected chi connectivity index (χ3v) is 7.49. The van der Waals surface area contributed by atoms with E-state index in [2.05, 4.69) is 43.9 Å². The topological polar surface area (TPSA) is 82.5 Å². The molecule has 6 nitrogen and oxygen atoms in total. The van der Waals surface area contributed by atoms with Gasteiger partial charge in [-0.15, -0.1) is 0 Å². The molecule has 2 N–H and O–H groups in total. The van der Waals surface area contributed by atoms with Gasteiger partial charge in [0.2, 0.25) is 0 Å². The van der Waals surface area contributed by atoms with E-state index in [9.17, 15) is 0 Å². The molecule has 0 spiro atoms. The molecule has 0 radical (unpaired) electrons. The lowest BCUT2D eigenvalue weighted by Crippen LogP contribution is -2.34. The van der Waals surface area contributed by atoms with Crippen LogP contribution in [0.15, 0.2) is 46.9 Å². The number of hydrogen-bond acceptors (Lipinski definition) is 6. The molecule has 0 amide bonds. The summed E-state index contributed by atoms with van der Waals surface area (Å²) in [5.41, 5.74) is 4.75. The van der Waals surface area contributed by atoms with Gasteiger partial charge in [-0.3, -0.25) is 0 Å². The Morgan fingerprint density at radius 1 is 0.902 bits per heavy atom. The molecule has 0 aliphatic carbocycles. The number of piperidine rings is 1. The molecule has 0 unspecified atom stereocenters. The van der Waals surface area contributed by atoms with Crippen LogP contribution in [0, 0.1) is 17.7 Å². The fourth-order valence-electron chi connectivity index (χ4n) is 5.16. The number of nitrogens with one attached hydrogen (secondary N) is 2. The summed E-state index contributed by atoms with van der Waals surface area (Å²) in [5.74, 6) is 3.19. The fraction of sp³-hybridized carbons (Fsp3) is 0.543. The van der Waals surface area contributed by atoms with Crippen molar-refractivity contribution in [2.75, 3.05) is 32.8 Å². The minimum absolute atomic E-state index is 0.568. The van der Waals surface area contributed by atoms with Gasteiger partial charge in [0.1, 0.15) is 22.8 Å². The molecule has 3 aromatic rings. The smallest absolute Gasteiger partial charge is 0.149 e. The van der Waals surface area contributed by atoms with E-state index < -0.39 is 0 Å². The average molecular weight is 562 g/mol. The van der Waals surface area contributed by atoms with Crippen LogP contribution in [0.4, 0.5) is 0 Å². The van der Waals surface area contributed by atoms with Crippen LogP contribution in [0.1, 0.15) is 102 Å². The number of likely N-dealkylation sites (tertiary alicyclic amines) is 1. The molecule has 1 saturated heterocycles. The number of furan rings is 1. The number of hydrogen-bond donors (Lipinski definition) is 2. The van der Waals surface area contributed by atoms with Gasteiger partial charge < -0.3 is 29.6 Å². The molecule has 1 fully saturated rings. The zero-order valence-corrected chi connectivity index (χ0v) is 26.0. The predicted octanol–water partition coefficient (Wildman–Crippen LogP) is 9.17. The van der Waals surface area contributed by atoms with E-state index in [-0.39, 0.29) is 0 Å². The standard InChI is InChI=1S/C32H44N2O3.C3H7N/c1-4-6-10-28(33)32-23-27-30(11-8-12-31(27)37-32)36-21-9-17-34-18-15-25(16-19-34)26-13-14-29(24(3)22-26)35-20-7-5-2;1-3(2)4/h8,11-14,22-23,25,33H,4-7,9-10,15-21H2,1-3H3;4H,1-2H3. The molecule has 6 heteroatoms. The molecule has 0 saturated carbocycles. The van der Waals surface area contributed by atoms with Crippen LogP contribution in [-0.2, 0) is 0 Å². The number of rotatable bonds is 14. The largest absolute Gasteiger partial charge is 0.493 e. The van der Waals surface area contributed by atoms with E-state index in [4.69, 9.17) is 24.7 Å². The number of nitrogens with zero attached hydrogens (tertiary/aromatic N) is 1. The van der Waals surface area contributed by atoms with Crippen molar-refractivity contribution in [3.63, 3.8) is 0 Å². The van der Waals surface area contributed by atoms with Crippen molar-refractivity contribution < 1.29 is 13.9 Å². The SMILES string of the molecule is CC(C)=N.CCCCOc1ccc(C2CCN(CCCOc3cccc4oc(C(=N)CCCC)cc34)CC2)cc1C. The highest BCUT2D eigenvalue weighted by molar-refractivity contribution is 6.00. The number of ether oxygens (including phenoxy) is 2. The maximum atomic E-state index is 8.29. The van der Waals surface area contributed by atoms with Crippen LogP contribution in [0.25, 0.3) is 11.0 Å². The molecular weight excluding hydrogens is 510 g/mol. The predicted molar refractivity (Wildman–Crippen MR) is 172 cm³/mol. The molecule has 224 valence electrons. The highest BCUT2D eigenvalue weighted by Gasteiger charge is 2.21. The van der Waals surface area contributed by atoms with Crippen LogP contribution in [0.2, 0.25) is 0 Å². The van der Waals surface area contributed by atoms with Crippen molar-refractivity contribution >= 4 is 22.4 Å². The van der Waals surface area contributed by atoms with Gasteiger partial charge in [0, 0.05) is 12.3 Å². The van der Waals surface area contributed by atoms with Crippen molar-refractivity contribution in [3.05, 3.63) is 59.4 Å². The van der Waals surface area contributed by atoms with Crippen molar-refractivity contribution in [3.8, 4) is 11.5 Å². The zero-order valence-electron chi connectivity index (χ0n) is 26.0. The van der Waals surface area contributed by atoms with Crippen LogP contribution in [0.5, 0.6) is 11.5 Å². The zero-order chi connectivity index (χ0) is 29.6. The van der Waals surface area contributed by atoms with Gasteiger partial charge in [-0.25, -0.2) is 0 Å². The lowest BCUT2D eigenvalue weighted by molar-refractivity contribution is 0.193. The first kappa shape index (κ1) is 32.4. The maximum absolute atomic E-state index is 8.29. The Morgan fingerprint density at radius 2 is 1.59 bits per heavy atom. The Balaban J connectivity index is 0.00000108. The second-order valence-electron chi connectivity index (χ2n) is 11.4. The first-order chi connectivity index (χ1) is 19.8. The summed E-state index contributed by atoms with van der Waals surface area (Å²) in [6, 6.07) is 14.7. The minimum Gasteiger partial charge on any atom is -0.493 e. The van der Waals surface area contributed by atoms with Gasteiger partial charge in [0.05, 0.1) is 24.3 Å². The lowest BCUT2D eigenvalue weighted by atomic mass is 9.88. The lowest BCUT2D eigenvalue weighted by Gasteiger charge is -2.32. The van der Waals surface area contributed by atoms with E-state index in [1.807, 2.05) is 24.3 Å². The maximum Gasteiger partial charge on any atom is 0.149 e. The van der Waals surface area contributed by atoms with E-state index in [0.29, 0.717) is 29.7 Å². The molecule has 1 aromatic heterocycles. The quantitative estimate of drug-likeness (QED) is 0.152. The molecule has 0 atom stereocenters. The fourth-order valence-corrected chi connectivity index (χ4v) is 5.16. The normalized spacial score (nSPS) is 14.0. The van der Waals surface area contributed by atoms with Gasteiger partial charge in [0.25, 0.3) is 0 Å². The van der Waals surface area contributed by atoms with Crippen LogP contribution in [-0.4, -0.2) is 49.2 Å². The molecule has 2 aromatic carbocycles. The number of fused-ring (bicyclic) bond motifs is 1. The highest BCUT2D eigenvalue weighted by Crippen LogP contribution is 2.32. The Hall–Kier alpha value is -3.12. The Labute approximate surface area is 247 Å². The third kappa shape index (κ3) is 10.3. The Bertz CT molecular complexity index is 1240. The molecule has 41 heavy (non-hydrogen) atoms. The van der Waals surface area contributed by atoms with Crippen molar-refractivity contribution in [2.45, 2.75) is 91.9 Å². The van der Waals surface area contributed by atoms with Gasteiger partial charge in [-0.05, 0) is 114 Å². The molecular formula is C35H51N3O3. The van der Waals surface area contributed by atoms with Gasteiger partial charge in [-0.1, -0.05) is 44.9 Å². The second-order valence-corrected chi connectivity index (χ2v) is 11.4. The van der Waals surface area contributed by atoms with Crippen molar-refractivity contribution in [1.82, 2.24) is 4.90 Å². The van der Waals surface area contributed by atoms with Crippen LogP contribution < -0.4 is 9.47 Å². The summed E-state index contributed by atoms with van der Waals surface area (Å²) in [7, 11) is 0. The average Bonchev–Trinajstić information content (AvgIpc) is 3.40. The highest BCUT2D eigenvalue weighted by atomic mass is 16.5. The van der Waals surface area contributed by atoms with E-state index in [0.717, 1.165) is 87.2 Å². The summed E-state index contributed by atoms with van der Waals surface area (Å²) < 4.78 is 18.0. The van der Waals surface area contributed by atoms with Crippen LogP contribution >= 0.6 is 0 Å². The van der Waals surface area contributed by atoms with Gasteiger partial charge >= 0.3 is 0 Å². The number of aryl methyl sites for hydroxylation is 1. The van der Waals surface area contributed by atoms with E-state index >= 15 is 0 Å². The second kappa shape index (κ2) is 17.0. The summed E-state index contributed by atoms with van der Waals surface area (Å²) >= 11 is 0. The minimum atomic E-state index is 0.568. The summed E-state index contributed by atoms with van der Waals surface area (Å²) in [6.45, 7) is 14.8. The number of unbranched alkanes of at least 4 members (excludes halogenated alkanes) is 2. The van der Waals surface area contributed by atoms with Gasteiger partial charge in [-0.2, -0.15) is 0 Å². The number of benzene rings is 2. The van der Waals surface area contributed by atoms with Crippen LogP contribution in [0.3, 0.4) is 0 Å². The summed E-state index contributed by atoms with van der Waals surface area (Å²) in [5, 5.41) is 15.8. The van der Waals surface area contributed by atoms with Gasteiger partial charge in [0.15, 0.2) is 0 Å². The van der Waals surface area contributed by atoms with E-state index in [1.54, 1.807) is 13.8 Å². The molecule has 4 rings (SSSR count). The molecule has 1 aliphatic heterocycles. The monoisotopic (exact) mass is 561 g/mol. The Morgan fingerprint density at radius 3 is 2.27 bits per heavy atom. The summed E-state index contributed by atoms with van der Waals surface area (Å²) in [6.07, 6.45) is 8.52. The van der Waals surface area contributed by atoms with Crippen molar-refractivity contribution in [1.29, 1.82) is 10.8 Å².